The molecule has 0 bridgehead atoms. The van der Waals surface area contributed by atoms with Gasteiger partial charge in [-0.3, -0.25) is 0 Å². The van der Waals surface area contributed by atoms with Crippen LogP contribution in [0.15, 0.2) is 0 Å². The summed E-state index contributed by atoms with van der Waals surface area (Å²) in [6.45, 7) is 8.56. The van der Waals surface area contributed by atoms with Gasteiger partial charge in [0.05, 0.1) is 0 Å². The first-order valence-electron chi connectivity index (χ1n) is 8.23. The van der Waals surface area contributed by atoms with Crippen LogP contribution in [-0.4, -0.2) is 53.8 Å². The standard InChI is InChI=1S/C16H30N2O2S/c1-16(2,3)20-15(19)18-9-4-5-13(11-18)6-8-17-14-7-10-21-12-14/h13-14,17H,4-12H2,1-3H3. The molecule has 0 spiro atoms. The van der Waals surface area contributed by atoms with Crippen molar-refractivity contribution in [2.45, 2.75) is 58.1 Å². The van der Waals surface area contributed by atoms with Crippen LogP contribution in [-0.2, 0) is 4.74 Å². The van der Waals surface area contributed by atoms with E-state index in [1.165, 1.54) is 30.8 Å². The first-order valence-corrected chi connectivity index (χ1v) is 9.38. The highest BCUT2D eigenvalue weighted by atomic mass is 32.2. The quantitative estimate of drug-likeness (QED) is 0.865. The van der Waals surface area contributed by atoms with E-state index in [4.69, 9.17) is 4.74 Å². The number of ether oxygens (including phenoxy) is 1. The molecular formula is C16H30N2O2S. The van der Waals surface area contributed by atoms with Crippen LogP contribution in [0.1, 0.15) is 46.5 Å². The zero-order valence-corrected chi connectivity index (χ0v) is 14.5. The topological polar surface area (TPSA) is 41.6 Å². The summed E-state index contributed by atoms with van der Waals surface area (Å²) in [4.78, 5) is 14.0. The second-order valence-corrected chi connectivity index (χ2v) is 8.39. The van der Waals surface area contributed by atoms with Crippen LogP contribution in [0.25, 0.3) is 0 Å². The van der Waals surface area contributed by atoms with Crippen molar-refractivity contribution >= 4 is 17.9 Å². The molecule has 2 aliphatic heterocycles. The maximum atomic E-state index is 12.1. The van der Waals surface area contributed by atoms with Crippen molar-refractivity contribution in [2.75, 3.05) is 31.1 Å². The van der Waals surface area contributed by atoms with Gasteiger partial charge < -0.3 is 15.0 Å². The normalized spacial score (nSPS) is 26.9. The molecule has 1 N–H and O–H groups in total. The average molecular weight is 314 g/mol. The number of rotatable bonds is 4. The summed E-state index contributed by atoms with van der Waals surface area (Å²) >= 11 is 2.05. The molecule has 2 aliphatic rings. The van der Waals surface area contributed by atoms with E-state index in [1.807, 2.05) is 37.4 Å². The summed E-state index contributed by atoms with van der Waals surface area (Å²) in [6.07, 6.45) is 4.66. The monoisotopic (exact) mass is 314 g/mol. The predicted octanol–water partition coefficient (Wildman–Crippen LogP) is 3.12. The summed E-state index contributed by atoms with van der Waals surface area (Å²) in [5.74, 6) is 3.18. The molecule has 21 heavy (non-hydrogen) atoms. The third-order valence-electron chi connectivity index (χ3n) is 4.09. The van der Waals surface area contributed by atoms with Crippen LogP contribution in [0.4, 0.5) is 4.79 Å². The minimum Gasteiger partial charge on any atom is -0.444 e. The van der Waals surface area contributed by atoms with Gasteiger partial charge in [-0.1, -0.05) is 0 Å². The molecule has 2 heterocycles. The number of nitrogens with one attached hydrogen (secondary N) is 1. The molecule has 2 fully saturated rings. The van der Waals surface area contributed by atoms with Crippen LogP contribution in [0.2, 0.25) is 0 Å². The van der Waals surface area contributed by atoms with E-state index in [2.05, 4.69) is 5.32 Å². The Morgan fingerprint density at radius 2 is 2.19 bits per heavy atom. The predicted molar refractivity (Wildman–Crippen MR) is 88.9 cm³/mol. The molecule has 2 rings (SSSR count). The summed E-state index contributed by atoms with van der Waals surface area (Å²) in [7, 11) is 0. The molecule has 0 radical (unpaired) electrons. The van der Waals surface area contributed by atoms with E-state index >= 15 is 0 Å². The van der Waals surface area contributed by atoms with E-state index in [0.29, 0.717) is 12.0 Å². The number of amides is 1. The third kappa shape index (κ3) is 6.07. The lowest BCUT2D eigenvalue weighted by Crippen LogP contribution is -2.43. The highest BCUT2D eigenvalue weighted by Crippen LogP contribution is 2.22. The van der Waals surface area contributed by atoms with Crippen molar-refractivity contribution in [3.63, 3.8) is 0 Å². The fourth-order valence-corrected chi connectivity index (χ4v) is 4.17. The van der Waals surface area contributed by atoms with Gasteiger partial charge in [0.15, 0.2) is 0 Å². The first-order chi connectivity index (χ1) is 9.94. The van der Waals surface area contributed by atoms with Crippen LogP contribution >= 0.6 is 11.8 Å². The molecule has 5 heteroatoms. The molecule has 0 aromatic heterocycles. The SMILES string of the molecule is CC(C)(C)OC(=O)N1CCCC(CCNC2CCSC2)C1. The third-order valence-corrected chi connectivity index (χ3v) is 5.25. The van der Waals surface area contributed by atoms with Crippen LogP contribution in [0, 0.1) is 5.92 Å². The van der Waals surface area contributed by atoms with Crippen LogP contribution in [0.5, 0.6) is 0 Å². The summed E-state index contributed by atoms with van der Waals surface area (Å²) in [6, 6.07) is 0.709. The number of likely N-dealkylation sites (tertiary alicyclic amines) is 1. The van der Waals surface area contributed by atoms with Gasteiger partial charge in [0.1, 0.15) is 5.60 Å². The molecule has 2 atom stereocenters. The van der Waals surface area contributed by atoms with E-state index in [-0.39, 0.29) is 6.09 Å². The molecule has 0 aromatic rings. The van der Waals surface area contributed by atoms with Gasteiger partial charge in [-0.2, -0.15) is 11.8 Å². The van der Waals surface area contributed by atoms with Crippen molar-refractivity contribution in [2.24, 2.45) is 5.92 Å². The Balaban J connectivity index is 1.68. The first kappa shape index (κ1) is 16.9. The highest BCUT2D eigenvalue weighted by Gasteiger charge is 2.27. The lowest BCUT2D eigenvalue weighted by atomic mass is 9.95. The Morgan fingerprint density at radius 1 is 1.38 bits per heavy atom. The summed E-state index contributed by atoms with van der Waals surface area (Å²) in [5, 5.41) is 3.66. The lowest BCUT2D eigenvalue weighted by Gasteiger charge is -2.34. The number of hydrogen-bond acceptors (Lipinski definition) is 4. The highest BCUT2D eigenvalue weighted by molar-refractivity contribution is 7.99. The minimum atomic E-state index is -0.397. The van der Waals surface area contributed by atoms with Gasteiger partial charge in [0.2, 0.25) is 0 Å². The van der Waals surface area contributed by atoms with Gasteiger partial charge in [0.25, 0.3) is 0 Å². The fourth-order valence-electron chi connectivity index (χ4n) is 2.98. The second kappa shape index (κ2) is 7.73. The number of carbonyl (C=O) groups excluding carboxylic acids is 1. The van der Waals surface area contributed by atoms with Crippen LogP contribution in [0.3, 0.4) is 0 Å². The number of hydrogen-bond donors (Lipinski definition) is 1. The van der Waals surface area contributed by atoms with Crippen molar-refractivity contribution in [3.05, 3.63) is 0 Å². The van der Waals surface area contributed by atoms with Gasteiger partial charge in [-0.25, -0.2) is 4.79 Å². The van der Waals surface area contributed by atoms with E-state index in [0.717, 1.165) is 26.1 Å². The van der Waals surface area contributed by atoms with E-state index in [1.54, 1.807) is 0 Å². The molecule has 0 aromatic carbocycles. The van der Waals surface area contributed by atoms with Gasteiger partial charge in [-0.15, -0.1) is 0 Å². The maximum Gasteiger partial charge on any atom is 0.410 e. The van der Waals surface area contributed by atoms with Crippen molar-refractivity contribution < 1.29 is 9.53 Å². The number of piperidine rings is 1. The van der Waals surface area contributed by atoms with Gasteiger partial charge >= 0.3 is 6.09 Å². The van der Waals surface area contributed by atoms with Gasteiger partial charge in [-0.05, 0) is 64.7 Å². The molecule has 4 nitrogen and oxygen atoms in total. The Labute approximate surface area is 133 Å². The summed E-state index contributed by atoms with van der Waals surface area (Å²) < 4.78 is 5.48. The molecule has 122 valence electrons. The van der Waals surface area contributed by atoms with Crippen molar-refractivity contribution in [3.8, 4) is 0 Å². The number of thioether (sulfide) groups is 1. The Morgan fingerprint density at radius 3 is 2.86 bits per heavy atom. The van der Waals surface area contributed by atoms with Crippen LogP contribution < -0.4 is 5.32 Å². The number of nitrogens with zero attached hydrogens (tertiary/aromatic N) is 1. The molecule has 0 aliphatic carbocycles. The largest absolute Gasteiger partial charge is 0.444 e. The smallest absolute Gasteiger partial charge is 0.410 e. The van der Waals surface area contributed by atoms with Crippen molar-refractivity contribution in [1.82, 2.24) is 10.2 Å². The Hall–Kier alpha value is -0.420. The summed E-state index contributed by atoms with van der Waals surface area (Å²) in [5.41, 5.74) is -0.397. The maximum absolute atomic E-state index is 12.1. The van der Waals surface area contributed by atoms with Crippen molar-refractivity contribution in [1.29, 1.82) is 0 Å². The average Bonchev–Trinajstić information content (AvgIpc) is 2.90. The van der Waals surface area contributed by atoms with E-state index in [9.17, 15) is 4.79 Å². The second-order valence-electron chi connectivity index (χ2n) is 7.24. The molecule has 2 unspecified atom stereocenters. The van der Waals surface area contributed by atoms with Gasteiger partial charge in [0, 0.05) is 24.9 Å². The zero-order chi connectivity index (χ0) is 15.3. The molecular weight excluding hydrogens is 284 g/mol. The molecule has 0 saturated carbocycles. The zero-order valence-electron chi connectivity index (χ0n) is 13.7. The Kier molecular flexibility index (Phi) is 6.23. The lowest BCUT2D eigenvalue weighted by molar-refractivity contribution is 0.0161. The Bertz CT molecular complexity index is 338. The van der Waals surface area contributed by atoms with E-state index < -0.39 is 5.60 Å². The fraction of sp³-hybridized carbons (Fsp3) is 0.938. The number of carbonyl (C=O) groups is 1. The molecule has 2 saturated heterocycles. The molecule has 1 amide bonds. The minimum absolute atomic E-state index is 0.146.